The van der Waals surface area contributed by atoms with E-state index in [1.165, 1.54) is 13.1 Å². The van der Waals surface area contributed by atoms with Gasteiger partial charge in [0.2, 0.25) is 5.91 Å². The van der Waals surface area contributed by atoms with Crippen molar-refractivity contribution in [3.05, 3.63) is 70.8 Å². The summed E-state index contributed by atoms with van der Waals surface area (Å²) in [4.78, 5) is 37.0. The highest BCUT2D eigenvalue weighted by Crippen LogP contribution is 2.46. The van der Waals surface area contributed by atoms with E-state index in [2.05, 4.69) is 21.3 Å². The van der Waals surface area contributed by atoms with Crippen LogP contribution in [0.2, 0.25) is 0 Å². The van der Waals surface area contributed by atoms with Crippen molar-refractivity contribution in [3.63, 3.8) is 0 Å². The highest BCUT2D eigenvalue weighted by Gasteiger charge is 2.47. The lowest BCUT2D eigenvalue weighted by Crippen LogP contribution is -2.58. The molecule has 0 aromatic heterocycles. The van der Waals surface area contributed by atoms with E-state index in [1.807, 2.05) is 0 Å². The number of benzene rings is 2. The summed E-state index contributed by atoms with van der Waals surface area (Å²) >= 11 is 0. The number of carbonyl (C=O) groups is 3. The standard InChI is InChI=1S/C28H32F4N4O3/c1-33-24(38)18-5-7-20(8-6-18)26(29)11-9-21(10-12-26)27(13-14-34-17-27)36-23(37)16-35-25(39)19-3-2-4-22(15-19)28(30,31)32/h2-8,15,21,34H,9-14,16-17H2,1H3,(H,33,38)(H,35,39)(H,36,37)/t21?,26?,27-/m0/s1. The number of rotatable bonds is 7. The lowest BCUT2D eigenvalue weighted by Gasteiger charge is -2.43. The zero-order valence-electron chi connectivity index (χ0n) is 21.6. The molecule has 0 radical (unpaired) electrons. The minimum atomic E-state index is -4.58. The van der Waals surface area contributed by atoms with Gasteiger partial charge in [-0.05, 0) is 80.5 Å². The average molecular weight is 549 g/mol. The van der Waals surface area contributed by atoms with E-state index in [9.17, 15) is 27.6 Å². The number of halogens is 4. The second-order valence-electron chi connectivity index (χ2n) is 10.3. The third-order valence-corrected chi connectivity index (χ3v) is 7.89. The molecule has 1 aliphatic heterocycles. The maximum absolute atomic E-state index is 15.9. The van der Waals surface area contributed by atoms with Gasteiger partial charge in [0.15, 0.2) is 0 Å². The van der Waals surface area contributed by atoms with Crippen molar-refractivity contribution in [2.24, 2.45) is 5.92 Å². The van der Waals surface area contributed by atoms with E-state index in [4.69, 9.17) is 0 Å². The van der Waals surface area contributed by atoms with Gasteiger partial charge in [0, 0.05) is 24.7 Å². The first-order valence-electron chi connectivity index (χ1n) is 12.9. The van der Waals surface area contributed by atoms with Crippen molar-refractivity contribution >= 4 is 17.7 Å². The van der Waals surface area contributed by atoms with Gasteiger partial charge < -0.3 is 21.3 Å². The number of hydrogen-bond donors (Lipinski definition) is 4. The fourth-order valence-electron chi connectivity index (χ4n) is 5.67. The molecule has 1 heterocycles. The summed E-state index contributed by atoms with van der Waals surface area (Å²) in [5.74, 6) is -1.47. The molecule has 1 saturated carbocycles. The first-order valence-corrected chi connectivity index (χ1v) is 12.9. The van der Waals surface area contributed by atoms with Crippen molar-refractivity contribution in [2.45, 2.75) is 49.5 Å². The van der Waals surface area contributed by atoms with Gasteiger partial charge in [0.05, 0.1) is 17.6 Å². The highest BCUT2D eigenvalue weighted by atomic mass is 19.4. The summed E-state index contributed by atoms with van der Waals surface area (Å²) in [5, 5.41) is 11.2. The summed E-state index contributed by atoms with van der Waals surface area (Å²) in [6.45, 7) is 0.786. The molecule has 2 aliphatic rings. The first-order chi connectivity index (χ1) is 18.5. The molecule has 2 aromatic rings. The van der Waals surface area contributed by atoms with Crippen molar-refractivity contribution in [1.82, 2.24) is 21.3 Å². The van der Waals surface area contributed by atoms with Crippen LogP contribution in [0.25, 0.3) is 0 Å². The quantitative estimate of drug-likeness (QED) is 0.397. The Hall–Kier alpha value is -3.47. The van der Waals surface area contributed by atoms with Crippen LogP contribution in [0.1, 0.15) is 63.9 Å². The molecule has 4 N–H and O–H groups in total. The Morgan fingerprint density at radius 2 is 1.67 bits per heavy atom. The van der Waals surface area contributed by atoms with Crippen LogP contribution < -0.4 is 21.3 Å². The maximum Gasteiger partial charge on any atom is 0.416 e. The Morgan fingerprint density at radius 1 is 0.974 bits per heavy atom. The molecular formula is C28H32F4N4O3. The largest absolute Gasteiger partial charge is 0.416 e. The zero-order chi connectivity index (χ0) is 28.3. The predicted molar refractivity (Wildman–Crippen MR) is 137 cm³/mol. The van der Waals surface area contributed by atoms with Crippen LogP contribution in [0.3, 0.4) is 0 Å². The SMILES string of the molecule is CNC(=O)c1ccc(C2(F)CCC([C@]3(NC(=O)CNC(=O)c4cccc(C(F)(F)F)c4)CCNC3)CC2)cc1. The van der Waals surface area contributed by atoms with Crippen molar-refractivity contribution in [1.29, 1.82) is 0 Å². The molecule has 0 bridgehead atoms. The van der Waals surface area contributed by atoms with Crippen LogP contribution in [0.4, 0.5) is 17.6 Å². The molecule has 1 saturated heterocycles. The van der Waals surface area contributed by atoms with Gasteiger partial charge in [-0.1, -0.05) is 18.2 Å². The van der Waals surface area contributed by atoms with Crippen molar-refractivity contribution < 1.29 is 31.9 Å². The van der Waals surface area contributed by atoms with Gasteiger partial charge in [-0.3, -0.25) is 14.4 Å². The molecule has 11 heteroatoms. The molecule has 4 rings (SSSR count). The van der Waals surface area contributed by atoms with E-state index >= 15 is 4.39 Å². The monoisotopic (exact) mass is 548 g/mol. The van der Waals surface area contributed by atoms with Gasteiger partial charge in [0.1, 0.15) is 5.67 Å². The van der Waals surface area contributed by atoms with Crippen LogP contribution in [-0.2, 0) is 16.6 Å². The molecule has 0 unspecified atom stereocenters. The highest BCUT2D eigenvalue weighted by molar-refractivity contribution is 5.96. The van der Waals surface area contributed by atoms with Crippen LogP contribution >= 0.6 is 0 Å². The summed E-state index contributed by atoms with van der Waals surface area (Å²) in [6.07, 6.45) is -2.34. The molecule has 39 heavy (non-hydrogen) atoms. The Morgan fingerprint density at radius 3 is 2.26 bits per heavy atom. The second-order valence-corrected chi connectivity index (χ2v) is 10.3. The lowest BCUT2D eigenvalue weighted by atomic mass is 9.68. The average Bonchev–Trinajstić information content (AvgIpc) is 3.40. The van der Waals surface area contributed by atoms with E-state index in [1.54, 1.807) is 24.3 Å². The van der Waals surface area contributed by atoms with E-state index in [0.717, 1.165) is 18.2 Å². The van der Waals surface area contributed by atoms with Crippen molar-refractivity contribution in [3.8, 4) is 0 Å². The Balaban J connectivity index is 1.36. The van der Waals surface area contributed by atoms with Gasteiger partial charge >= 0.3 is 6.18 Å². The summed E-state index contributed by atoms with van der Waals surface area (Å²) in [7, 11) is 1.53. The Labute approximate surface area is 224 Å². The fourth-order valence-corrected chi connectivity index (χ4v) is 5.67. The van der Waals surface area contributed by atoms with Gasteiger partial charge in [-0.15, -0.1) is 0 Å². The lowest BCUT2D eigenvalue weighted by molar-refractivity contribution is -0.137. The summed E-state index contributed by atoms with van der Waals surface area (Å²) in [5.41, 5.74) is -2.30. The van der Waals surface area contributed by atoms with Gasteiger partial charge in [-0.2, -0.15) is 13.2 Å². The number of carbonyl (C=O) groups excluding carboxylic acids is 3. The maximum atomic E-state index is 15.9. The Kier molecular flexibility index (Phi) is 8.29. The molecule has 1 aliphatic carbocycles. The minimum absolute atomic E-state index is 0.00429. The van der Waals surface area contributed by atoms with E-state index in [0.29, 0.717) is 43.5 Å². The Bertz CT molecular complexity index is 1200. The van der Waals surface area contributed by atoms with E-state index < -0.39 is 41.3 Å². The normalized spacial score (nSPS) is 25.1. The fraction of sp³-hybridized carbons (Fsp3) is 0.464. The predicted octanol–water partition coefficient (Wildman–Crippen LogP) is 3.70. The third kappa shape index (κ3) is 6.41. The third-order valence-electron chi connectivity index (χ3n) is 7.89. The molecule has 2 fully saturated rings. The summed E-state index contributed by atoms with van der Waals surface area (Å²) in [6, 6.07) is 10.5. The van der Waals surface area contributed by atoms with Gasteiger partial charge in [-0.25, -0.2) is 4.39 Å². The molecule has 2 aromatic carbocycles. The molecular weight excluding hydrogens is 516 g/mol. The number of amides is 3. The van der Waals surface area contributed by atoms with Crippen LogP contribution in [-0.4, -0.2) is 49.9 Å². The van der Waals surface area contributed by atoms with E-state index in [-0.39, 0.29) is 30.2 Å². The summed E-state index contributed by atoms with van der Waals surface area (Å²) < 4.78 is 54.8. The minimum Gasteiger partial charge on any atom is -0.355 e. The molecule has 210 valence electrons. The molecule has 3 amide bonds. The second kappa shape index (κ2) is 11.3. The molecule has 0 spiro atoms. The number of hydrogen-bond acceptors (Lipinski definition) is 4. The van der Waals surface area contributed by atoms with Crippen molar-refractivity contribution in [2.75, 3.05) is 26.7 Å². The number of nitrogens with one attached hydrogen (secondary N) is 4. The topological polar surface area (TPSA) is 99.3 Å². The van der Waals surface area contributed by atoms with Crippen LogP contribution in [0.5, 0.6) is 0 Å². The number of alkyl halides is 4. The smallest absolute Gasteiger partial charge is 0.355 e. The molecule has 1 atom stereocenters. The van der Waals surface area contributed by atoms with Crippen LogP contribution in [0.15, 0.2) is 48.5 Å². The van der Waals surface area contributed by atoms with Gasteiger partial charge in [0.25, 0.3) is 11.8 Å². The van der Waals surface area contributed by atoms with Crippen LogP contribution in [0, 0.1) is 5.92 Å². The molecule has 7 nitrogen and oxygen atoms in total. The first kappa shape index (κ1) is 28.5. The zero-order valence-corrected chi connectivity index (χ0v) is 21.6.